The second kappa shape index (κ2) is 13.0. The average molecular weight is 412 g/mol. The lowest BCUT2D eigenvalue weighted by Crippen LogP contribution is -2.29. The lowest BCUT2D eigenvalue weighted by molar-refractivity contribution is -0.137. The first-order chi connectivity index (χ1) is 14.6. The van der Waals surface area contributed by atoms with E-state index < -0.39 is 5.91 Å². The minimum absolute atomic E-state index is 0.261. The van der Waals surface area contributed by atoms with Crippen molar-refractivity contribution in [2.24, 2.45) is 0 Å². The number of unbranched alkanes of at least 4 members (excludes halogenated alkanes) is 3. The molecule has 0 radical (unpaired) electrons. The Morgan fingerprint density at radius 2 is 1.57 bits per heavy atom. The van der Waals surface area contributed by atoms with Crippen molar-refractivity contribution in [3.8, 4) is 5.75 Å². The third-order valence-electron chi connectivity index (χ3n) is 4.46. The van der Waals surface area contributed by atoms with Gasteiger partial charge in [-0.15, -0.1) is 0 Å². The molecule has 160 valence electrons. The normalized spacial score (nSPS) is 10.2. The van der Waals surface area contributed by atoms with Crippen LogP contribution < -0.4 is 20.7 Å². The summed E-state index contributed by atoms with van der Waals surface area (Å²) in [5.74, 6) is -0.185. The average Bonchev–Trinajstić information content (AvgIpc) is 2.78. The van der Waals surface area contributed by atoms with Gasteiger partial charge in [-0.3, -0.25) is 9.59 Å². The summed E-state index contributed by atoms with van der Waals surface area (Å²) >= 11 is 0. The molecule has 0 spiro atoms. The predicted molar refractivity (Wildman–Crippen MR) is 116 cm³/mol. The molecule has 0 aliphatic rings. The SMILES string of the molecule is CNC(=O)C(=O)CCCCCCNC(=O)Nc1ccc(OCc2ccccc2)cc1. The Bertz CT molecular complexity index is 807. The maximum atomic E-state index is 12.0. The molecule has 0 aliphatic carbocycles. The van der Waals surface area contributed by atoms with Gasteiger partial charge in [-0.2, -0.15) is 0 Å². The summed E-state index contributed by atoms with van der Waals surface area (Å²) in [5.41, 5.74) is 1.78. The van der Waals surface area contributed by atoms with Gasteiger partial charge in [0.1, 0.15) is 12.4 Å². The fourth-order valence-corrected chi connectivity index (χ4v) is 2.77. The first-order valence-electron chi connectivity index (χ1n) is 10.1. The van der Waals surface area contributed by atoms with Crippen LogP contribution in [0.5, 0.6) is 5.75 Å². The summed E-state index contributed by atoms with van der Waals surface area (Å²) in [4.78, 5) is 34.4. The number of ether oxygens (including phenoxy) is 1. The number of ketones is 1. The molecule has 30 heavy (non-hydrogen) atoms. The molecule has 0 bridgehead atoms. The van der Waals surface area contributed by atoms with Crippen LogP contribution in [-0.2, 0) is 16.2 Å². The van der Waals surface area contributed by atoms with Gasteiger partial charge in [-0.1, -0.05) is 43.2 Å². The van der Waals surface area contributed by atoms with Crippen molar-refractivity contribution in [1.29, 1.82) is 0 Å². The van der Waals surface area contributed by atoms with Crippen LogP contribution >= 0.6 is 0 Å². The van der Waals surface area contributed by atoms with Crippen LogP contribution in [0.1, 0.15) is 37.7 Å². The van der Waals surface area contributed by atoms with E-state index in [0.29, 0.717) is 25.3 Å². The van der Waals surface area contributed by atoms with Crippen molar-refractivity contribution in [3.05, 3.63) is 60.2 Å². The number of hydrogen-bond acceptors (Lipinski definition) is 4. The molecule has 7 heteroatoms. The Labute approximate surface area is 177 Å². The van der Waals surface area contributed by atoms with Crippen LogP contribution in [0.15, 0.2) is 54.6 Å². The standard InChI is InChI=1S/C23H29N3O4/c1-24-22(28)21(27)11-7-2-3-8-16-25-23(29)26-19-12-14-20(15-13-19)30-17-18-9-5-4-6-10-18/h4-6,9-10,12-15H,2-3,7-8,11,16-17H2,1H3,(H,24,28)(H2,25,26,29). The van der Waals surface area contributed by atoms with Gasteiger partial charge < -0.3 is 20.7 Å². The quantitative estimate of drug-likeness (QED) is 0.367. The first kappa shape index (κ1) is 22.9. The lowest BCUT2D eigenvalue weighted by atomic mass is 10.1. The summed E-state index contributed by atoms with van der Waals surface area (Å²) < 4.78 is 5.73. The van der Waals surface area contributed by atoms with E-state index in [2.05, 4.69) is 16.0 Å². The minimum Gasteiger partial charge on any atom is -0.489 e. The number of carbonyl (C=O) groups is 3. The van der Waals surface area contributed by atoms with Crippen molar-refractivity contribution in [3.63, 3.8) is 0 Å². The molecule has 3 N–H and O–H groups in total. The number of rotatable bonds is 12. The van der Waals surface area contributed by atoms with E-state index in [4.69, 9.17) is 4.74 Å². The topological polar surface area (TPSA) is 96.5 Å². The third kappa shape index (κ3) is 8.77. The predicted octanol–water partition coefficient (Wildman–Crippen LogP) is 3.65. The fraction of sp³-hybridized carbons (Fsp3) is 0.348. The van der Waals surface area contributed by atoms with E-state index in [1.807, 2.05) is 42.5 Å². The smallest absolute Gasteiger partial charge is 0.319 e. The molecule has 0 unspecified atom stereocenters. The molecule has 0 aliphatic heterocycles. The number of nitrogens with one attached hydrogen (secondary N) is 3. The van der Waals surface area contributed by atoms with Crippen LogP contribution in [0.3, 0.4) is 0 Å². The molecule has 2 aromatic carbocycles. The molecule has 0 fully saturated rings. The highest BCUT2D eigenvalue weighted by atomic mass is 16.5. The van der Waals surface area contributed by atoms with Gasteiger partial charge in [0.15, 0.2) is 0 Å². The van der Waals surface area contributed by atoms with Gasteiger partial charge in [0.25, 0.3) is 5.91 Å². The van der Waals surface area contributed by atoms with Crippen molar-refractivity contribution < 1.29 is 19.1 Å². The highest BCUT2D eigenvalue weighted by molar-refractivity contribution is 6.36. The molecule has 0 aromatic heterocycles. The number of likely N-dealkylation sites (N-methyl/N-ethyl adjacent to an activating group) is 1. The summed E-state index contributed by atoms with van der Waals surface area (Å²) in [5, 5.41) is 7.92. The van der Waals surface area contributed by atoms with Crippen molar-refractivity contribution >= 4 is 23.4 Å². The Kier molecular flexibility index (Phi) is 9.92. The van der Waals surface area contributed by atoms with Crippen molar-refractivity contribution in [2.45, 2.75) is 38.7 Å². The van der Waals surface area contributed by atoms with E-state index in [-0.39, 0.29) is 18.2 Å². The van der Waals surface area contributed by atoms with Gasteiger partial charge in [-0.05, 0) is 42.7 Å². The maximum absolute atomic E-state index is 12.0. The van der Waals surface area contributed by atoms with Gasteiger partial charge >= 0.3 is 6.03 Å². The van der Waals surface area contributed by atoms with Gasteiger partial charge in [0.2, 0.25) is 5.78 Å². The summed E-state index contributed by atoms with van der Waals surface area (Å²) in [6.45, 7) is 1.04. The van der Waals surface area contributed by atoms with E-state index in [9.17, 15) is 14.4 Å². The van der Waals surface area contributed by atoms with Gasteiger partial charge in [0.05, 0.1) is 0 Å². The van der Waals surface area contributed by atoms with Crippen LogP contribution in [0.4, 0.5) is 10.5 Å². The number of hydrogen-bond donors (Lipinski definition) is 3. The third-order valence-corrected chi connectivity index (χ3v) is 4.46. The molecule has 3 amide bonds. The molecule has 0 atom stereocenters. The molecule has 0 saturated heterocycles. The van der Waals surface area contributed by atoms with E-state index >= 15 is 0 Å². The number of carbonyl (C=O) groups excluding carboxylic acids is 3. The summed E-state index contributed by atoms with van der Waals surface area (Å²) in [7, 11) is 1.45. The first-order valence-corrected chi connectivity index (χ1v) is 10.1. The zero-order valence-electron chi connectivity index (χ0n) is 17.3. The number of benzene rings is 2. The van der Waals surface area contributed by atoms with E-state index in [0.717, 1.165) is 30.6 Å². The highest BCUT2D eigenvalue weighted by Gasteiger charge is 2.10. The Morgan fingerprint density at radius 3 is 2.27 bits per heavy atom. The molecular formula is C23H29N3O4. The number of urea groups is 1. The molecule has 2 aromatic rings. The summed E-state index contributed by atoms with van der Waals surface area (Å²) in [6, 6.07) is 16.9. The Morgan fingerprint density at radius 1 is 0.867 bits per heavy atom. The molecule has 0 saturated carbocycles. The molecule has 2 rings (SSSR count). The monoisotopic (exact) mass is 411 g/mol. The number of Topliss-reactive ketones (excluding diaryl/α,β-unsaturated/α-hetero) is 1. The zero-order chi connectivity index (χ0) is 21.6. The minimum atomic E-state index is -0.538. The van der Waals surface area contributed by atoms with E-state index in [1.165, 1.54) is 7.05 Å². The van der Waals surface area contributed by atoms with Crippen LogP contribution in [0.2, 0.25) is 0 Å². The van der Waals surface area contributed by atoms with Crippen LogP contribution in [-0.4, -0.2) is 31.3 Å². The maximum Gasteiger partial charge on any atom is 0.319 e. The highest BCUT2D eigenvalue weighted by Crippen LogP contribution is 2.17. The van der Waals surface area contributed by atoms with Gasteiger partial charge in [0, 0.05) is 25.7 Å². The van der Waals surface area contributed by atoms with E-state index in [1.54, 1.807) is 12.1 Å². The second-order valence-corrected chi connectivity index (χ2v) is 6.85. The Balaban J connectivity index is 1.56. The van der Waals surface area contributed by atoms with Crippen molar-refractivity contribution in [1.82, 2.24) is 10.6 Å². The van der Waals surface area contributed by atoms with Crippen molar-refractivity contribution in [2.75, 3.05) is 18.9 Å². The number of amides is 3. The summed E-state index contributed by atoms with van der Waals surface area (Å²) in [6.07, 6.45) is 3.48. The molecular weight excluding hydrogens is 382 g/mol. The molecule has 7 nitrogen and oxygen atoms in total. The zero-order valence-corrected chi connectivity index (χ0v) is 17.3. The number of anilines is 1. The van der Waals surface area contributed by atoms with Crippen LogP contribution in [0.25, 0.3) is 0 Å². The Hall–Kier alpha value is -3.35. The van der Waals surface area contributed by atoms with Crippen LogP contribution in [0, 0.1) is 0 Å². The fourth-order valence-electron chi connectivity index (χ4n) is 2.77. The lowest BCUT2D eigenvalue weighted by Gasteiger charge is -2.09. The second-order valence-electron chi connectivity index (χ2n) is 6.85. The largest absolute Gasteiger partial charge is 0.489 e. The molecule has 0 heterocycles. The van der Waals surface area contributed by atoms with Gasteiger partial charge in [-0.25, -0.2) is 4.79 Å².